The van der Waals surface area contributed by atoms with Gasteiger partial charge >= 0.3 is 6.18 Å². The Morgan fingerprint density at radius 2 is 2.05 bits per heavy atom. The Bertz CT molecular complexity index is 443. The maximum Gasteiger partial charge on any atom is 0.416 e. The molecule has 0 saturated heterocycles. The van der Waals surface area contributed by atoms with Gasteiger partial charge in [-0.15, -0.1) is 0 Å². The van der Waals surface area contributed by atoms with Crippen LogP contribution in [0.15, 0.2) is 24.3 Å². The average Bonchev–Trinajstić information content (AvgIpc) is 3.21. The van der Waals surface area contributed by atoms with E-state index >= 15 is 0 Å². The lowest BCUT2D eigenvalue weighted by Crippen LogP contribution is -2.31. The van der Waals surface area contributed by atoms with Gasteiger partial charge in [-0.3, -0.25) is 4.90 Å². The Morgan fingerprint density at radius 3 is 2.60 bits per heavy atom. The molecule has 1 aliphatic carbocycles. The van der Waals surface area contributed by atoms with Crippen LogP contribution in [0.5, 0.6) is 0 Å². The summed E-state index contributed by atoms with van der Waals surface area (Å²) in [6.07, 6.45) is -2.02. The molecule has 0 spiro atoms. The zero-order chi connectivity index (χ0) is 14.8. The van der Waals surface area contributed by atoms with Gasteiger partial charge in [-0.05, 0) is 43.5 Å². The van der Waals surface area contributed by atoms with Crippen LogP contribution in [0.3, 0.4) is 0 Å². The van der Waals surface area contributed by atoms with E-state index < -0.39 is 17.8 Å². The molecule has 112 valence electrons. The van der Waals surface area contributed by atoms with Gasteiger partial charge in [-0.25, -0.2) is 0 Å². The van der Waals surface area contributed by atoms with Crippen molar-refractivity contribution in [1.29, 1.82) is 0 Å². The summed E-state index contributed by atoms with van der Waals surface area (Å²) in [6.45, 7) is 3.34. The van der Waals surface area contributed by atoms with Crippen LogP contribution in [0.4, 0.5) is 13.2 Å². The van der Waals surface area contributed by atoms with Crippen molar-refractivity contribution < 1.29 is 18.3 Å². The number of aliphatic hydroxyl groups excluding tert-OH is 1. The van der Waals surface area contributed by atoms with Gasteiger partial charge in [-0.1, -0.05) is 19.1 Å². The minimum atomic E-state index is -4.37. The molecule has 2 rings (SSSR count). The van der Waals surface area contributed by atoms with E-state index in [2.05, 4.69) is 11.8 Å². The fraction of sp³-hybridized carbons (Fsp3) is 0.600. The SMILES string of the molecule is CCCN(CC(O)c1cccc(C(F)(F)F)c1)C1CC1. The molecule has 1 N–H and O–H groups in total. The fourth-order valence-corrected chi connectivity index (χ4v) is 2.40. The molecule has 0 aliphatic heterocycles. The molecule has 0 aromatic heterocycles. The molecule has 1 unspecified atom stereocenters. The van der Waals surface area contributed by atoms with Crippen molar-refractivity contribution in [3.8, 4) is 0 Å². The molecule has 0 amide bonds. The molecule has 20 heavy (non-hydrogen) atoms. The quantitative estimate of drug-likeness (QED) is 0.864. The van der Waals surface area contributed by atoms with E-state index in [1.807, 2.05) is 0 Å². The van der Waals surface area contributed by atoms with E-state index in [0.29, 0.717) is 18.2 Å². The minimum Gasteiger partial charge on any atom is -0.387 e. The topological polar surface area (TPSA) is 23.5 Å². The Kier molecular flexibility index (Phi) is 4.70. The largest absolute Gasteiger partial charge is 0.416 e. The second-order valence-electron chi connectivity index (χ2n) is 5.37. The lowest BCUT2D eigenvalue weighted by molar-refractivity contribution is -0.137. The summed E-state index contributed by atoms with van der Waals surface area (Å²) in [5, 5.41) is 10.2. The van der Waals surface area contributed by atoms with Gasteiger partial charge in [0.25, 0.3) is 0 Å². The van der Waals surface area contributed by atoms with Crippen molar-refractivity contribution >= 4 is 0 Å². The number of alkyl halides is 3. The zero-order valence-corrected chi connectivity index (χ0v) is 11.5. The maximum atomic E-state index is 12.7. The summed E-state index contributed by atoms with van der Waals surface area (Å²) in [6, 6.07) is 5.47. The number of halogens is 3. The molecule has 1 fully saturated rings. The van der Waals surface area contributed by atoms with Crippen molar-refractivity contribution in [3.05, 3.63) is 35.4 Å². The van der Waals surface area contributed by atoms with Crippen LogP contribution in [-0.2, 0) is 6.18 Å². The molecule has 0 heterocycles. The third-order valence-electron chi connectivity index (χ3n) is 3.58. The second-order valence-corrected chi connectivity index (χ2v) is 5.37. The molecular formula is C15H20F3NO. The highest BCUT2D eigenvalue weighted by Crippen LogP contribution is 2.32. The summed E-state index contributed by atoms with van der Waals surface area (Å²) in [5.74, 6) is 0. The molecule has 0 radical (unpaired) electrons. The van der Waals surface area contributed by atoms with E-state index in [0.717, 1.165) is 37.9 Å². The summed E-state index contributed by atoms with van der Waals surface area (Å²) < 4.78 is 38.0. The molecule has 1 aliphatic rings. The van der Waals surface area contributed by atoms with Gasteiger partial charge < -0.3 is 5.11 Å². The molecule has 1 aromatic rings. The molecule has 2 nitrogen and oxygen atoms in total. The lowest BCUT2D eigenvalue weighted by Gasteiger charge is -2.24. The maximum absolute atomic E-state index is 12.7. The predicted molar refractivity (Wildman–Crippen MR) is 71.3 cm³/mol. The van der Waals surface area contributed by atoms with Crippen LogP contribution in [0.1, 0.15) is 43.4 Å². The summed E-state index contributed by atoms with van der Waals surface area (Å²) in [5.41, 5.74) is -0.371. The Morgan fingerprint density at radius 1 is 1.35 bits per heavy atom. The summed E-state index contributed by atoms with van der Waals surface area (Å²) in [7, 11) is 0. The highest BCUT2D eigenvalue weighted by molar-refractivity contribution is 5.27. The normalized spacial score (nSPS) is 17.5. The van der Waals surface area contributed by atoms with E-state index in [1.54, 1.807) is 6.07 Å². The molecule has 1 aromatic carbocycles. The Balaban J connectivity index is 2.06. The van der Waals surface area contributed by atoms with Crippen molar-refractivity contribution in [2.24, 2.45) is 0 Å². The molecular weight excluding hydrogens is 267 g/mol. The third kappa shape index (κ3) is 3.96. The Hall–Kier alpha value is -1.07. The molecule has 5 heteroatoms. The van der Waals surface area contributed by atoms with Crippen LogP contribution in [0, 0.1) is 0 Å². The average molecular weight is 287 g/mol. The van der Waals surface area contributed by atoms with Crippen LogP contribution in [-0.4, -0.2) is 29.1 Å². The summed E-state index contributed by atoms with van der Waals surface area (Å²) in [4.78, 5) is 2.17. The van der Waals surface area contributed by atoms with E-state index in [-0.39, 0.29) is 0 Å². The van der Waals surface area contributed by atoms with Crippen LogP contribution >= 0.6 is 0 Å². The van der Waals surface area contributed by atoms with Gasteiger partial charge in [0, 0.05) is 12.6 Å². The second kappa shape index (κ2) is 6.14. The minimum absolute atomic E-state index is 0.335. The van der Waals surface area contributed by atoms with Gasteiger partial charge in [0.2, 0.25) is 0 Å². The third-order valence-corrected chi connectivity index (χ3v) is 3.58. The first kappa shape index (κ1) is 15.3. The highest BCUT2D eigenvalue weighted by Gasteiger charge is 2.32. The van der Waals surface area contributed by atoms with Gasteiger partial charge in [0.05, 0.1) is 11.7 Å². The predicted octanol–water partition coefficient (Wildman–Crippen LogP) is 3.61. The molecule has 1 atom stereocenters. The van der Waals surface area contributed by atoms with Gasteiger partial charge in [-0.2, -0.15) is 13.2 Å². The fourth-order valence-electron chi connectivity index (χ4n) is 2.40. The first-order valence-corrected chi connectivity index (χ1v) is 7.01. The number of hydrogen-bond donors (Lipinski definition) is 1. The monoisotopic (exact) mass is 287 g/mol. The number of rotatable bonds is 6. The number of nitrogens with zero attached hydrogens (tertiary/aromatic N) is 1. The standard InChI is InChI=1S/C15H20F3NO/c1-2-8-19(13-6-7-13)10-14(20)11-4-3-5-12(9-11)15(16,17)18/h3-5,9,13-14,20H,2,6-8,10H2,1H3. The first-order chi connectivity index (χ1) is 9.41. The van der Waals surface area contributed by atoms with Gasteiger partial charge in [0.1, 0.15) is 0 Å². The van der Waals surface area contributed by atoms with Crippen LogP contribution in [0.2, 0.25) is 0 Å². The van der Waals surface area contributed by atoms with Crippen molar-refractivity contribution in [1.82, 2.24) is 4.90 Å². The number of hydrogen-bond acceptors (Lipinski definition) is 2. The smallest absolute Gasteiger partial charge is 0.387 e. The number of benzene rings is 1. The Labute approximate surface area is 117 Å². The first-order valence-electron chi connectivity index (χ1n) is 7.01. The van der Waals surface area contributed by atoms with Gasteiger partial charge in [0.15, 0.2) is 0 Å². The van der Waals surface area contributed by atoms with Crippen molar-refractivity contribution in [2.75, 3.05) is 13.1 Å². The van der Waals surface area contributed by atoms with E-state index in [1.165, 1.54) is 6.07 Å². The van der Waals surface area contributed by atoms with Crippen LogP contribution < -0.4 is 0 Å². The molecule has 0 bridgehead atoms. The van der Waals surface area contributed by atoms with Crippen LogP contribution in [0.25, 0.3) is 0 Å². The van der Waals surface area contributed by atoms with E-state index in [9.17, 15) is 18.3 Å². The number of aliphatic hydroxyl groups is 1. The van der Waals surface area contributed by atoms with Crippen molar-refractivity contribution in [2.45, 2.75) is 44.5 Å². The van der Waals surface area contributed by atoms with Crippen molar-refractivity contribution in [3.63, 3.8) is 0 Å². The van der Waals surface area contributed by atoms with E-state index in [4.69, 9.17) is 0 Å². The summed E-state index contributed by atoms with van der Waals surface area (Å²) >= 11 is 0. The lowest BCUT2D eigenvalue weighted by atomic mass is 10.1. The zero-order valence-electron chi connectivity index (χ0n) is 11.5. The molecule has 1 saturated carbocycles. The highest BCUT2D eigenvalue weighted by atomic mass is 19.4.